The van der Waals surface area contributed by atoms with E-state index in [-0.39, 0.29) is 23.7 Å². The van der Waals surface area contributed by atoms with Crippen LogP contribution >= 0.6 is 0 Å². The molecule has 100 valence electrons. The highest BCUT2D eigenvalue weighted by molar-refractivity contribution is 5.82. The average molecular weight is 252 g/mol. The van der Waals surface area contributed by atoms with Crippen molar-refractivity contribution in [2.45, 2.75) is 39.3 Å². The molecule has 1 aromatic carbocycles. The third kappa shape index (κ3) is 3.81. The first kappa shape index (κ1) is 14.6. The van der Waals surface area contributed by atoms with Crippen molar-refractivity contribution in [2.24, 2.45) is 11.7 Å². The van der Waals surface area contributed by atoms with Crippen molar-refractivity contribution >= 4 is 5.91 Å². The Labute approximate surface area is 108 Å². The fraction of sp³-hybridized carbons (Fsp3) is 0.500. The maximum atomic E-state index is 12.8. The van der Waals surface area contributed by atoms with Gasteiger partial charge in [0.05, 0.1) is 12.1 Å². The molecule has 3 nitrogen and oxygen atoms in total. The van der Waals surface area contributed by atoms with Crippen molar-refractivity contribution in [3.8, 4) is 0 Å². The van der Waals surface area contributed by atoms with Gasteiger partial charge in [-0.1, -0.05) is 32.4 Å². The molecule has 0 aromatic heterocycles. The molecule has 3 atom stereocenters. The molecule has 0 bridgehead atoms. The first-order chi connectivity index (χ1) is 8.45. The van der Waals surface area contributed by atoms with Gasteiger partial charge in [-0.05, 0) is 30.5 Å². The maximum absolute atomic E-state index is 12.8. The Morgan fingerprint density at radius 3 is 2.39 bits per heavy atom. The molecule has 4 heteroatoms. The second-order valence-electron chi connectivity index (χ2n) is 4.69. The first-order valence-corrected chi connectivity index (χ1v) is 6.27. The quantitative estimate of drug-likeness (QED) is 0.845. The maximum Gasteiger partial charge on any atom is 0.237 e. The van der Waals surface area contributed by atoms with E-state index >= 15 is 0 Å². The molecule has 1 aromatic rings. The van der Waals surface area contributed by atoms with E-state index in [1.165, 1.54) is 12.1 Å². The lowest BCUT2D eigenvalue weighted by molar-refractivity contribution is -0.124. The Bertz CT molecular complexity index is 391. The standard InChI is InChI=1S/C14H21FN2O/c1-4-9(2)13(16)14(18)17-10(3)11-5-7-12(15)8-6-11/h5-10,13H,4,16H2,1-3H3,(H,17,18)/t9-,10+,13-/m0/s1. The molecular formula is C14H21FN2O. The molecule has 0 saturated carbocycles. The van der Waals surface area contributed by atoms with Crippen molar-refractivity contribution < 1.29 is 9.18 Å². The van der Waals surface area contributed by atoms with Crippen LogP contribution in [0.1, 0.15) is 38.8 Å². The summed E-state index contributed by atoms with van der Waals surface area (Å²) in [7, 11) is 0. The molecule has 0 spiro atoms. The number of amides is 1. The van der Waals surface area contributed by atoms with E-state index in [1.54, 1.807) is 12.1 Å². The van der Waals surface area contributed by atoms with Crippen LogP contribution in [0, 0.1) is 11.7 Å². The number of nitrogens with one attached hydrogen (secondary N) is 1. The van der Waals surface area contributed by atoms with Crippen LogP contribution in [0.2, 0.25) is 0 Å². The Balaban J connectivity index is 2.61. The minimum Gasteiger partial charge on any atom is -0.348 e. The average Bonchev–Trinajstić information content (AvgIpc) is 2.37. The summed E-state index contributed by atoms with van der Waals surface area (Å²) in [6.07, 6.45) is 0.861. The number of nitrogens with two attached hydrogens (primary N) is 1. The zero-order valence-corrected chi connectivity index (χ0v) is 11.1. The Morgan fingerprint density at radius 1 is 1.33 bits per heavy atom. The van der Waals surface area contributed by atoms with Gasteiger partial charge in [0, 0.05) is 0 Å². The summed E-state index contributed by atoms with van der Waals surface area (Å²) in [6.45, 7) is 5.81. The highest BCUT2D eigenvalue weighted by Gasteiger charge is 2.21. The van der Waals surface area contributed by atoms with Gasteiger partial charge in [-0.3, -0.25) is 4.79 Å². The topological polar surface area (TPSA) is 55.1 Å². The predicted molar refractivity (Wildman–Crippen MR) is 70.4 cm³/mol. The number of hydrogen-bond acceptors (Lipinski definition) is 2. The lowest BCUT2D eigenvalue weighted by atomic mass is 9.98. The van der Waals surface area contributed by atoms with Crippen LogP contribution in [-0.4, -0.2) is 11.9 Å². The molecule has 0 aliphatic heterocycles. The molecule has 1 amide bonds. The highest BCUT2D eigenvalue weighted by atomic mass is 19.1. The Hall–Kier alpha value is -1.42. The summed E-state index contributed by atoms with van der Waals surface area (Å²) in [5.41, 5.74) is 6.71. The molecule has 0 radical (unpaired) electrons. The molecule has 0 unspecified atom stereocenters. The lowest BCUT2D eigenvalue weighted by Gasteiger charge is -2.21. The Kier molecular flexibility index (Phi) is 5.28. The largest absolute Gasteiger partial charge is 0.348 e. The molecule has 18 heavy (non-hydrogen) atoms. The van der Waals surface area contributed by atoms with Crippen molar-refractivity contribution in [1.82, 2.24) is 5.32 Å². The van der Waals surface area contributed by atoms with Crippen LogP contribution in [0.25, 0.3) is 0 Å². The third-order valence-electron chi connectivity index (χ3n) is 3.29. The van der Waals surface area contributed by atoms with E-state index in [9.17, 15) is 9.18 Å². The molecule has 0 saturated heterocycles. The van der Waals surface area contributed by atoms with Crippen LogP contribution in [-0.2, 0) is 4.79 Å². The fourth-order valence-electron chi connectivity index (χ4n) is 1.66. The number of hydrogen-bond donors (Lipinski definition) is 2. The van der Waals surface area contributed by atoms with Gasteiger partial charge in [-0.15, -0.1) is 0 Å². The van der Waals surface area contributed by atoms with E-state index < -0.39 is 6.04 Å². The van der Waals surface area contributed by atoms with E-state index in [0.29, 0.717) is 0 Å². The van der Waals surface area contributed by atoms with E-state index in [1.807, 2.05) is 20.8 Å². The van der Waals surface area contributed by atoms with Gasteiger partial charge >= 0.3 is 0 Å². The zero-order chi connectivity index (χ0) is 13.7. The molecule has 0 fully saturated rings. The fourth-order valence-corrected chi connectivity index (χ4v) is 1.66. The van der Waals surface area contributed by atoms with Crippen LogP contribution in [0.5, 0.6) is 0 Å². The van der Waals surface area contributed by atoms with Crippen molar-refractivity contribution in [3.05, 3.63) is 35.6 Å². The normalized spacial score (nSPS) is 15.8. The van der Waals surface area contributed by atoms with Gasteiger partial charge in [0.25, 0.3) is 0 Å². The molecule has 0 aliphatic carbocycles. The highest BCUT2D eigenvalue weighted by Crippen LogP contribution is 2.14. The van der Waals surface area contributed by atoms with Crippen LogP contribution in [0.3, 0.4) is 0 Å². The minimum absolute atomic E-state index is 0.144. The molecule has 1 rings (SSSR count). The van der Waals surface area contributed by atoms with Gasteiger partial charge in [0.1, 0.15) is 5.82 Å². The van der Waals surface area contributed by atoms with Crippen molar-refractivity contribution in [1.29, 1.82) is 0 Å². The van der Waals surface area contributed by atoms with Crippen LogP contribution in [0.15, 0.2) is 24.3 Å². The second kappa shape index (κ2) is 6.50. The van der Waals surface area contributed by atoms with E-state index in [4.69, 9.17) is 5.73 Å². The van der Waals surface area contributed by atoms with Crippen LogP contribution in [0.4, 0.5) is 4.39 Å². The lowest BCUT2D eigenvalue weighted by Crippen LogP contribution is -2.45. The van der Waals surface area contributed by atoms with Crippen molar-refractivity contribution in [3.63, 3.8) is 0 Å². The summed E-state index contributed by atoms with van der Waals surface area (Å²) < 4.78 is 12.8. The van der Waals surface area contributed by atoms with E-state index in [2.05, 4.69) is 5.32 Å². The van der Waals surface area contributed by atoms with Gasteiger partial charge in [0.15, 0.2) is 0 Å². The predicted octanol–water partition coefficient (Wildman–Crippen LogP) is 2.38. The van der Waals surface area contributed by atoms with Gasteiger partial charge in [0.2, 0.25) is 5.91 Å². The number of rotatable bonds is 5. The van der Waals surface area contributed by atoms with Gasteiger partial charge in [-0.25, -0.2) is 4.39 Å². The summed E-state index contributed by atoms with van der Waals surface area (Å²) in [5, 5.41) is 2.84. The Morgan fingerprint density at radius 2 is 1.89 bits per heavy atom. The van der Waals surface area contributed by atoms with Crippen molar-refractivity contribution in [2.75, 3.05) is 0 Å². The summed E-state index contributed by atoms with van der Waals surface area (Å²) in [6, 6.07) is 5.41. The van der Waals surface area contributed by atoms with Gasteiger partial charge in [-0.2, -0.15) is 0 Å². The number of benzene rings is 1. The second-order valence-corrected chi connectivity index (χ2v) is 4.69. The van der Waals surface area contributed by atoms with E-state index in [0.717, 1.165) is 12.0 Å². The summed E-state index contributed by atoms with van der Waals surface area (Å²) in [5.74, 6) is -0.305. The minimum atomic E-state index is -0.502. The number of halogens is 1. The number of carbonyl (C=O) groups excluding carboxylic acids is 1. The SMILES string of the molecule is CC[C@H](C)[C@H](N)C(=O)N[C@H](C)c1ccc(F)cc1. The summed E-state index contributed by atoms with van der Waals surface area (Å²) >= 11 is 0. The van der Waals surface area contributed by atoms with Crippen LogP contribution < -0.4 is 11.1 Å². The molecule has 0 aliphatic rings. The third-order valence-corrected chi connectivity index (χ3v) is 3.29. The van der Waals surface area contributed by atoms with Gasteiger partial charge < -0.3 is 11.1 Å². The smallest absolute Gasteiger partial charge is 0.237 e. The zero-order valence-electron chi connectivity index (χ0n) is 11.1. The first-order valence-electron chi connectivity index (χ1n) is 6.27. The number of carbonyl (C=O) groups is 1. The molecule has 3 N–H and O–H groups in total. The molecule has 0 heterocycles. The summed E-state index contributed by atoms with van der Waals surface area (Å²) in [4.78, 5) is 11.9. The molecular weight excluding hydrogens is 231 g/mol. The monoisotopic (exact) mass is 252 g/mol.